The first kappa shape index (κ1) is 22.1. The van der Waals surface area contributed by atoms with E-state index >= 15 is 0 Å². The predicted molar refractivity (Wildman–Crippen MR) is 125 cm³/mol. The fraction of sp³-hybridized carbons (Fsp3) is 0.708. The number of amides is 1. The number of piperidine rings is 1. The summed E-state index contributed by atoms with van der Waals surface area (Å²) in [5.74, 6) is 0.708. The third kappa shape index (κ3) is 4.56. The quantitative estimate of drug-likeness (QED) is 0.756. The zero-order valence-corrected chi connectivity index (χ0v) is 19.6. The van der Waals surface area contributed by atoms with Gasteiger partial charge in [0.15, 0.2) is 5.65 Å². The van der Waals surface area contributed by atoms with Crippen molar-refractivity contribution in [3.8, 4) is 0 Å². The van der Waals surface area contributed by atoms with Gasteiger partial charge in [0.25, 0.3) is 5.91 Å². The summed E-state index contributed by atoms with van der Waals surface area (Å²) < 4.78 is 1.90. The number of nitrogens with one attached hydrogen (secondary N) is 1. The van der Waals surface area contributed by atoms with E-state index in [2.05, 4.69) is 41.2 Å². The number of pyridine rings is 1. The van der Waals surface area contributed by atoms with Crippen LogP contribution in [0, 0.1) is 5.92 Å². The lowest BCUT2D eigenvalue weighted by molar-refractivity contribution is 0.0660. The zero-order chi connectivity index (χ0) is 22.0. The number of hydrogen-bond acceptors (Lipinski definition) is 5. The third-order valence-corrected chi connectivity index (χ3v) is 7.48. The number of anilines is 1. The molecule has 1 saturated heterocycles. The van der Waals surface area contributed by atoms with Crippen LogP contribution in [0.15, 0.2) is 12.4 Å². The molecule has 0 spiro atoms. The number of carbonyl (C=O) groups is 1. The van der Waals surface area contributed by atoms with Crippen molar-refractivity contribution in [3.63, 3.8) is 0 Å². The molecule has 0 bridgehead atoms. The maximum Gasteiger partial charge on any atom is 0.257 e. The van der Waals surface area contributed by atoms with Gasteiger partial charge in [-0.05, 0) is 65.6 Å². The van der Waals surface area contributed by atoms with Gasteiger partial charge < -0.3 is 15.1 Å². The van der Waals surface area contributed by atoms with E-state index in [4.69, 9.17) is 0 Å². The number of nitrogens with zero attached hydrogens (tertiary/aromatic N) is 5. The molecule has 170 valence electrons. The summed E-state index contributed by atoms with van der Waals surface area (Å²) in [5.41, 5.74) is 2.43. The number of fused-ring (bicyclic) bond motifs is 1. The number of rotatable bonds is 6. The van der Waals surface area contributed by atoms with E-state index in [-0.39, 0.29) is 11.9 Å². The molecule has 3 heterocycles. The van der Waals surface area contributed by atoms with Crippen LogP contribution in [0.1, 0.15) is 69.2 Å². The largest absolute Gasteiger partial charge is 0.381 e. The summed E-state index contributed by atoms with van der Waals surface area (Å²) >= 11 is 0. The van der Waals surface area contributed by atoms with Crippen LogP contribution in [0.3, 0.4) is 0 Å². The molecule has 1 aliphatic heterocycles. The van der Waals surface area contributed by atoms with Crippen molar-refractivity contribution in [2.24, 2.45) is 5.92 Å². The lowest BCUT2D eigenvalue weighted by Gasteiger charge is -2.35. The van der Waals surface area contributed by atoms with Crippen LogP contribution >= 0.6 is 0 Å². The van der Waals surface area contributed by atoms with Gasteiger partial charge in [0, 0.05) is 31.9 Å². The van der Waals surface area contributed by atoms with E-state index in [0.29, 0.717) is 17.5 Å². The highest BCUT2D eigenvalue weighted by molar-refractivity contribution is 6.06. The van der Waals surface area contributed by atoms with Crippen LogP contribution in [0.5, 0.6) is 0 Å². The molecule has 1 saturated carbocycles. The molecule has 2 fully saturated rings. The normalized spacial score (nSPS) is 20.1. The second-order valence-electron chi connectivity index (χ2n) is 9.53. The molecular formula is C24H38N6O. The molecule has 0 radical (unpaired) electrons. The van der Waals surface area contributed by atoms with E-state index in [1.54, 1.807) is 6.20 Å². The lowest BCUT2D eigenvalue weighted by Crippen LogP contribution is -2.44. The monoisotopic (exact) mass is 426 g/mol. The molecule has 2 aliphatic rings. The summed E-state index contributed by atoms with van der Waals surface area (Å²) in [6.45, 7) is 7.16. The smallest absolute Gasteiger partial charge is 0.257 e. The molecule has 4 rings (SSSR count). The van der Waals surface area contributed by atoms with Crippen LogP contribution in [0.4, 0.5) is 5.69 Å². The van der Waals surface area contributed by atoms with Crippen molar-refractivity contribution < 1.29 is 4.79 Å². The standard InChI is InChI=1S/C24H38N6O/c1-5-30-23-20(16-26-30)22(27-17(2)18-9-7-6-8-10-18)21(15-25-23)24(31)29(4)19-11-13-28(3)14-12-19/h15-19H,5-14H2,1-4H3,(H,25,27). The van der Waals surface area contributed by atoms with Gasteiger partial charge in [0.05, 0.1) is 22.8 Å². The molecule has 1 atom stereocenters. The molecule has 0 aromatic carbocycles. The second-order valence-corrected chi connectivity index (χ2v) is 9.53. The molecule has 7 heteroatoms. The average Bonchev–Trinajstić information content (AvgIpc) is 3.23. The SMILES string of the molecule is CCn1ncc2c(NC(C)C3CCCCC3)c(C(=O)N(C)C3CCN(C)CC3)cnc21. The fourth-order valence-electron chi connectivity index (χ4n) is 5.29. The Morgan fingerprint density at radius 2 is 1.90 bits per heavy atom. The number of carbonyl (C=O) groups excluding carboxylic acids is 1. The van der Waals surface area contributed by atoms with Crippen LogP contribution in [0.2, 0.25) is 0 Å². The van der Waals surface area contributed by atoms with Gasteiger partial charge in [0.2, 0.25) is 0 Å². The first-order valence-electron chi connectivity index (χ1n) is 12.1. The molecule has 2 aromatic heterocycles. The average molecular weight is 427 g/mol. The number of hydrogen-bond donors (Lipinski definition) is 1. The number of likely N-dealkylation sites (tertiary alicyclic amines) is 1. The Hall–Kier alpha value is -2.15. The van der Waals surface area contributed by atoms with Crippen LogP contribution in [-0.2, 0) is 6.54 Å². The molecule has 2 aromatic rings. The van der Waals surface area contributed by atoms with E-state index in [1.165, 1.54) is 32.1 Å². The van der Waals surface area contributed by atoms with E-state index in [1.807, 2.05) is 22.8 Å². The lowest BCUT2D eigenvalue weighted by atomic mass is 9.84. The Labute approximate surface area is 186 Å². The summed E-state index contributed by atoms with van der Waals surface area (Å²) in [6.07, 6.45) is 12.1. The Morgan fingerprint density at radius 3 is 2.58 bits per heavy atom. The molecule has 1 amide bonds. The molecule has 1 N–H and O–H groups in total. The minimum Gasteiger partial charge on any atom is -0.381 e. The minimum atomic E-state index is 0.0616. The predicted octanol–water partition coefficient (Wildman–Crippen LogP) is 4.00. The highest BCUT2D eigenvalue weighted by Gasteiger charge is 2.29. The summed E-state index contributed by atoms with van der Waals surface area (Å²) in [5, 5.41) is 9.23. The topological polar surface area (TPSA) is 66.3 Å². The number of aromatic nitrogens is 3. The van der Waals surface area contributed by atoms with E-state index in [0.717, 1.165) is 49.2 Å². The first-order valence-corrected chi connectivity index (χ1v) is 12.1. The Kier molecular flexibility index (Phi) is 6.80. The van der Waals surface area contributed by atoms with Crippen molar-refractivity contribution >= 4 is 22.6 Å². The Bertz CT molecular complexity index is 895. The van der Waals surface area contributed by atoms with Gasteiger partial charge in [0.1, 0.15) is 0 Å². The fourth-order valence-corrected chi connectivity index (χ4v) is 5.29. The van der Waals surface area contributed by atoms with Crippen LogP contribution in [-0.4, -0.2) is 69.7 Å². The maximum absolute atomic E-state index is 13.6. The van der Waals surface area contributed by atoms with Gasteiger partial charge in [-0.3, -0.25) is 4.79 Å². The zero-order valence-electron chi connectivity index (χ0n) is 19.6. The molecule has 31 heavy (non-hydrogen) atoms. The highest BCUT2D eigenvalue weighted by atomic mass is 16.2. The summed E-state index contributed by atoms with van der Waals surface area (Å²) in [6, 6.07) is 0.595. The van der Waals surface area contributed by atoms with Gasteiger partial charge >= 0.3 is 0 Å². The Balaban J connectivity index is 1.65. The van der Waals surface area contributed by atoms with Crippen LogP contribution in [0.25, 0.3) is 11.0 Å². The molecule has 1 aliphatic carbocycles. The Morgan fingerprint density at radius 1 is 1.19 bits per heavy atom. The molecule has 7 nitrogen and oxygen atoms in total. The van der Waals surface area contributed by atoms with E-state index in [9.17, 15) is 4.79 Å². The van der Waals surface area contributed by atoms with Crippen molar-refractivity contribution in [2.45, 2.75) is 77.4 Å². The van der Waals surface area contributed by atoms with Crippen molar-refractivity contribution in [1.29, 1.82) is 0 Å². The van der Waals surface area contributed by atoms with Crippen molar-refractivity contribution in [3.05, 3.63) is 18.0 Å². The van der Waals surface area contributed by atoms with Gasteiger partial charge in [-0.15, -0.1) is 0 Å². The van der Waals surface area contributed by atoms with E-state index < -0.39 is 0 Å². The second kappa shape index (κ2) is 9.55. The molecular weight excluding hydrogens is 388 g/mol. The van der Waals surface area contributed by atoms with Gasteiger partial charge in [-0.2, -0.15) is 5.10 Å². The van der Waals surface area contributed by atoms with Gasteiger partial charge in [-0.1, -0.05) is 19.3 Å². The number of aryl methyl sites for hydroxylation is 1. The molecule has 1 unspecified atom stereocenters. The van der Waals surface area contributed by atoms with Crippen molar-refractivity contribution in [2.75, 3.05) is 32.5 Å². The maximum atomic E-state index is 13.6. The van der Waals surface area contributed by atoms with Crippen LogP contribution < -0.4 is 5.32 Å². The first-order chi connectivity index (χ1) is 15.0. The summed E-state index contributed by atoms with van der Waals surface area (Å²) in [7, 11) is 4.10. The minimum absolute atomic E-state index is 0.0616. The third-order valence-electron chi connectivity index (χ3n) is 7.48. The van der Waals surface area contributed by atoms with Crippen molar-refractivity contribution in [1.82, 2.24) is 24.6 Å². The summed E-state index contributed by atoms with van der Waals surface area (Å²) in [4.78, 5) is 22.6. The van der Waals surface area contributed by atoms with Gasteiger partial charge in [-0.25, -0.2) is 9.67 Å². The highest BCUT2D eigenvalue weighted by Crippen LogP contribution is 2.33.